The zero-order valence-corrected chi connectivity index (χ0v) is 11.2. The summed E-state index contributed by atoms with van der Waals surface area (Å²) in [4.78, 5) is 0. The Morgan fingerprint density at radius 1 is 1.35 bits per heavy atom. The van der Waals surface area contributed by atoms with Crippen molar-refractivity contribution in [3.05, 3.63) is 29.3 Å². The fraction of sp³-hybridized carbons (Fsp3) is 0.538. The number of ether oxygens (including phenoxy) is 1. The minimum absolute atomic E-state index is 0.172. The first-order valence-electron chi connectivity index (χ1n) is 6.01. The molecule has 1 aromatic rings. The predicted molar refractivity (Wildman–Crippen MR) is 72.1 cm³/mol. The maximum absolute atomic E-state index is 5.81. The highest BCUT2D eigenvalue weighted by molar-refractivity contribution is 6.30. The number of hydrogen-bond donors (Lipinski definition) is 2. The average molecular weight is 257 g/mol. The number of halogens is 1. The van der Waals surface area contributed by atoms with Crippen molar-refractivity contribution in [1.29, 1.82) is 0 Å². The van der Waals surface area contributed by atoms with Crippen LogP contribution >= 0.6 is 11.6 Å². The fourth-order valence-electron chi connectivity index (χ4n) is 1.75. The highest BCUT2D eigenvalue weighted by atomic mass is 35.5. The van der Waals surface area contributed by atoms with Crippen LogP contribution in [0.1, 0.15) is 26.7 Å². The van der Waals surface area contributed by atoms with Crippen LogP contribution in [0.4, 0.5) is 0 Å². The quantitative estimate of drug-likeness (QED) is 0.582. The molecule has 0 amide bonds. The Bertz CT molecular complexity index is 316. The minimum Gasteiger partial charge on any atom is -0.492 e. The first kappa shape index (κ1) is 14.3. The Morgan fingerprint density at radius 2 is 2.00 bits per heavy atom. The smallest absolute Gasteiger partial charge is 0.119 e. The molecule has 0 aliphatic heterocycles. The van der Waals surface area contributed by atoms with Crippen molar-refractivity contribution < 1.29 is 4.74 Å². The molecule has 0 aromatic heterocycles. The predicted octanol–water partition coefficient (Wildman–Crippen LogP) is 2.99. The molecule has 1 rings (SSSR count). The van der Waals surface area contributed by atoms with Gasteiger partial charge in [-0.25, -0.2) is 0 Å². The molecule has 3 N–H and O–H groups in total. The zero-order valence-electron chi connectivity index (χ0n) is 10.4. The van der Waals surface area contributed by atoms with Crippen LogP contribution in [0.2, 0.25) is 5.02 Å². The lowest BCUT2D eigenvalue weighted by atomic mass is 9.98. The third-order valence-electron chi connectivity index (χ3n) is 2.89. The molecule has 0 spiro atoms. The average Bonchev–Trinajstić information content (AvgIpc) is 2.32. The molecule has 0 saturated carbocycles. The van der Waals surface area contributed by atoms with E-state index in [4.69, 9.17) is 22.2 Å². The molecule has 0 aliphatic rings. The summed E-state index contributed by atoms with van der Waals surface area (Å²) in [7, 11) is 0. The largest absolute Gasteiger partial charge is 0.492 e. The standard InChI is InChI=1S/C13H21ClN2O/c1-3-4-10(2)13(16-15)9-17-12-7-5-11(14)6-8-12/h5-8,10,13,16H,3-4,9,15H2,1-2H3. The molecule has 0 aliphatic carbocycles. The van der Waals surface area contributed by atoms with E-state index in [0.717, 1.165) is 18.6 Å². The van der Waals surface area contributed by atoms with Crippen LogP contribution in [-0.4, -0.2) is 12.6 Å². The van der Waals surface area contributed by atoms with Crippen molar-refractivity contribution in [3.8, 4) is 5.75 Å². The van der Waals surface area contributed by atoms with E-state index in [-0.39, 0.29) is 6.04 Å². The summed E-state index contributed by atoms with van der Waals surface area (Å²) in [5.41, 5.74) is 2.82. The summed E-state index contributed by atoms with van der Waals surface area (Å²) in [6.45, 7) is 4.92. The van der Waals surface area contributed by atoms with E-state index in [0.29, 0.717) is 17.5 Å². The van der Waals surface area contributed by atoms with Crippen molar-refractivity contribution in [3.63, 3.8) is 0 Å². The molecule has 2 atom stereocenters. The Hall–Kier alpha value is -0.770. The van der Waals surface area contributed by atoms with E-state index in [2.05, 4.69) is 19.3 Å². The maximum atomic E-state index is 5.81. The number of nitrogens with two attached hydrogens (primary N) is 1. The van der Waals surface area contributed by atoms with E-state index >= 15 is 0 Å². The van der Waals surface area contributed by atoms with Crippen LogP contribution in [0.5, 0.6) is 5.75 Å². The lowest BCUT2D eigenvalue weighted by Crippen LogP contribution is -2.44. The summed E-state index contributed by atoms with van der Waals surface area (Å²) in [6.07, 6.45) is 2.29. The maximum Gasteiger partial charge on any atom is 0.119 e. The number of nitrogens with one attached hydrogen (secondary N) is 1. The van der Waals surface area contributed by atoms with Gasteiger partial charge in [0.15, 0.2) is 0 Å². The summed E-state index contributed by atoms with van der Waals surface area (Å²) >= 11 is 5.81. The van der Waals surface area contributed by atoms with Gasteiger partial charge in [0.1, 0.15) is 12.4 Å². The van der Waals surface area contributed by atoms with Gasteiger partial charge in [0.25, 0.3) is 0 Å². The van der Waals surface area contributed by atoms with Gasteiger partial charge >= 0.3 is 0 Å². The molecule has 0 radical (unpaired) electrons. The topological polar surface area (TPSA) is 47.3 Å². The van der Waals surface area contributed by atoms with Crippen LogP contribution < -0.4 is 16.0 Å². The van der Waals surface area contributed by atoms with Crippen LogP contribution in [0.3, 0.4) is 0 Å². The van der Waals surface area contributed by atoms with Crippen LogP contribution in [-0.2, 0) is 0 Å². The molecule has 1 aromatic carbocycles. The van der Waals surface area contributed by atoms with Gasteiger partial charge < -0.3 is 4.74 Å². The summed E-state index contributed by atoms with van der Waals surface area (Å²) in [5, 5.41) is 0.713. The van der Waals surface area contributed by atoms with Gasteiger partial charge in [-0.15, -0.1) is 0 Å². The second-order valence-electron chi connectivity index (χ2n) is 4.30. The van der Waals surface area contributed by atoms with Crippen molar-refractivity contribution >= 4 is 11.6 Å². The van der Waals surface area contributed by atoms with Gasteiger partial charge in [-0.05, 0) is 36.6 Å². The molecular formula is C13H21ClN2O. The molecule has 3 nitrogen and oxygen atoms in total. The van der Waals surface area contributed by atoms with Crippen molar-refractivity contribution in [2.24, 2.45) is 11.8 Å². The molecule has 0 bridgehead atoms. The number of rotatable bonds is 7. The van der Waals surface area contributed by atoms with Crippen LogP contribution in [0.25, 0.3) is 0 Å². The third kappa shape index (κ3) is 4.94. The van der Waals surface area contributed by atoms with E-state index in [1.807, 2.05) is 24.3 Å². The third-order valence-corrected chi connectivity index (χ3v) is 3.14. The van der Waals surface area contributed by atoms with Crippen molar-refractivity contribution in [1.82, 2.24) is 5.43 Å². The van der Waals surface area contributed by atoms with Crippen molar-refractivity contribution in [2.45, 2.75) is 32.7 Å². The Balaban J connectivity index is 2.44. The normalized spacial score (nSPS) is 14.4. The number of benzene rings is 1. The molecule has 0 heterocycles. The lowest BCUT2D eigenvalue weighted by molar-refractivity contribution is 0.218. The van der Waals surface area contributed by atoms with Gasteiger partial charge in [0.2, 0.25) is 0 Å². The van der Waals surface area contributed by atoms with E-state index in [1.165, 1.54) is 0 Å². The monoisotopic (exact) mass is 256 g/mol. The molecule has 4 heteroatoms. The SMILES string of the molecule is CCCC(C)C(COc1ccc(Cl)cc1)NN. The summed E-state index contributed by atoms with van der Waals surface area (Å²) < 4.78 is 5.68. The molecule has 96 valence electrons. The first-order chi connectivity index (χ1) is 8.17. The zero-order chi connectivity index (χ0) is 12.7. The Morgan fingerprint density at radius 3 is 2.53 bits per heavy atom. The second kappa shape index (κ2) is 7.54. The van der Waals surface area contributed by atoms with E-state index < -0.39 is 0 Å². The Labute approximate surface area is 108 Å². The number of hydrogen-bond acceptors (Lipinski definition) is 3. The first-order valence-corrected chi connectivity index (χ1v) is 6.39. The lowest BCUT2D eigenvalue weighted by Gasteiger charge is -2.23. The van der Waals surface area contributed by atoms with Gasteiger partial charge in [0.05, 0.1) is 6.04 Å². The van der Waals surface area contributed by atoms with Crippen LogP contribution in [0.15, 0.2) is 24.3 Å². The van der Waals surface area contributed by atoms with Gasteiger partial charge in [-0.2, -0.15) is 0 Å². The van der Waals surface area contributed by atoms with Gasteiger partial charge in [0, 0.05) is 5.02 Å². The van der Waals surface area contributed by atoms with Gasteiger partial charge in [-0.3, -0.25) is 11.3 Å². The molecule has 17 heavy (non-hydrogen) atoms. The van der Waals surface area contributed by atoms with E-state index in [9.17, 15) is 0 Å². The summed E-state index contributed by atoms with van der Waals surface area (Å²) in [6, 6.07) is 7.53. The highest BCUT2D eigenvalue weighted by Crippen LogP contribution is 2.17. The molecule has 0 saturated heterocycles. The number of hydrazine groups is 1. The Kier molecular flexibility index (Phi) is 6.34. The fourth-order valence-corrected chi connectivity index (χ4v) is 1.88. The molecule has 2 unspecified atom stereocenters. The molecule has 0 fully saturated rings. The van der Waals surface area contributed by atoms with E-state index in [1.54, 1.807) is 0 Å². The van der Waals surface area contributed by atoms with Crippen LogP contribution in [0, 0.1) is 5.92 Å². The van der Waals surface area contributed by atoms with Gasteiger partial charge in [-0.1, -0.05) is 31.9 Å². The highest BCUT2D eigenvalue weighted by Gasteiger charge is 2.15. The molecular weight excluding hydrogens is 236 g/mol. The van der Waals surface area contributed by atoms with Crippen molar-refractivity contribution in [2.75, 3.05) is 6.61 Å². The second-order valence-corrected chi connectivity index (χ2v) is 4.74. The minimum atomic E-state index is 0.172. The summed E-state index contributed by atoms with van der Waals surface area (Å²) in [5.74, 6) is 6.86.